The first-order valence-corrected chi connectivity index (χ1v) is 4.96. The van der Waals surface area contributed by atoms with Gasteiger partial charge in [-0.2, -0.15) is 0 Å². The molecule has 0 unspecified atom stereocenters. The highest BCUT2D eigenvalue weighted by Crippen LogP contribution is 2.24. The van der Waals surface area contributed by atoms with E-state index in [1.165, 1.54) is 0 Å². The molecule has 70 valence electrons. The molecule has 0 N–H and O–H groups in total. The standard InChI is InChI=1S/C9H4BrClN2O/c10-6-3-1-2-5-7(4-14)12-9(11)13-8(5)6/h1-4H. The molecule has 0 atom stereocenters. The molecule has 0 radical (unpaired) electrons. The lowest BCUT2D eigenvalue weighted by Crippen LogP contribution is -1.93. The largest absolute Gasteiger partial charge is 0.296 e. The Balaban J connectivity index is 2.94. The SMILES string of the molecule is O=Cc1nc(Cl)nc2c(Br)cccc12. The summed E-state index contributed by atoms with van der Waals surface area (Å²) >= 11 is 9.00. The average Bonchev–Trinajstić information content (AvgIpc) is 2.18. The van der Waals surface area contributed by atoms with Crippen molar-refractivity contribution >= 4 is 44.7 Å². The summed E-state index contributed by atoms with van der Waals surface area (Å²) in [5.74, 6) is 0. The molecule has 1 aromatic carbocycles. The minimum atomic E-state index is 0.0755. The predicted molar refractivity (Wildman–Crippen MR) is 57.6 cm³/mol. The van der Waals surface area contributed by atoms with Crippen LogP contribution in [0.4, 0.5) is 0 Å². The molecule has 0 bridgehead atoms. The monoisotopic (exact) mass is 270 g/mol. The van der Waals surface area contributed by atoms with Gasteiger partial charge >= 0.3 is 0 Å². The zero-order valence-electron chi connectivity index (χ0n) is 6.87. The molecule has 2 rings (SSSR count). The number of halogens is 2. The number of para-hydroxylation sites is 1. The summed E-state index contributed by atoms with van der Waals surface area (Å²) in [6.45, 7) is 0. The lowest BCUT2D eigenvalue weighted by atomic mass is 10.2. The van der Waals surface area contributed by atoms with Crippen molar-refractivity contribution in [1.29, 1.82) is 0 Å². The maximum atomic E-state index is 10.7. The van der Waals surface area contributed by atoms with Gasteiger partial charge in [0.05, 0.1) is 5.52 Å². The van der Waals surface area contributed by atoms with Crippen LogP contribution in [-0.2, 0) is 0 Å². The highest BCUT2D eigenvalue weighted by atomic mass is 79.9. The first-order valence-electron chi connectivity index (χ1n) is 3.79. The van der Waals surface area contributed by atoms with Crippen molar-refractivity contribution in [3.05, 3.63) is 33.6 Å². The van der Waals surface area contributed by atoms with E-state index in [2.05, 4.69) is 25.9 Å². The van der Waals surface area contributed by atoms with E-state index in [-0.39, 0.29) is 5.28 Å². The number of aldehydes is 1. The van der Waals surface area contributed by atoms with Crippen LogP contribution in [0.2, 0.25) is 5.28 Å². The predicted octanol–water partition coefficient (Wildman–Crippen LogP) is 2.86. The number of hydrogen-bond donors (Lipinski definition) is 0. The molecule has 3 nitrogen and oxygen atoms in total. The molecule has 2 aromatic rings. The number of rotatable bonds is 1. The fraction of sp³-hybridized carbons (Fsp3) is 0. The second-order valence-corrected chi connectivity index (χ2v) is 3.82. The van der Waals surface area contributed by atoms with E-state index in [0.29, 0.717) is 22.9 Å². The van der Waals surface area contributed by atoms with Crippen molar-refractivity contribution in [2.75, 3.05) is 0 Å². The summed E-state index contributed by atoms with van der Waals surface area (Å²) < 4.78 is 0.794. The van der Waals surface area contributed by atoms with Crippen LogP contribution in [0.15, 0.2) is 22.7 Å². The molecule has 0 spiro atoms. The quantitative estimate of drug-likeness (QED) is 0.592. The van der Waals surface area contributed by atoms with Crippen LogP contribution in [0.5, 0.6) is 0 Å². The summed E-state index contributed by atoms with van der Waals surface area (Å²) in [5.41, 5.74) is 0.955. The summed E-state index contributed by atoms with van der Waals surface area (Å²) in [6, 6.07) is 5.43. The summed E-state index contributed by atoms with van der Waals surface area (Å²) in [4.78, 5) is 18.6. The van der Waals surface area contributed by atoms with Gasteiger partial charge in [0, 0.05) is 9.86 Å². The molecule has 0 fully saturated rings. The third-order valence-electron chi connectivity index (χ3n) is 1.79. The Bertz CT molecular complexity index is 515. The summed E-state index contributed by atoms with van der Waals surface area (Å²) in [6.07, 6.45) is 0.669. The van der Waals surface area contributed by atoms with Crippen LogP contribution in [0.25, 0.3) is 10.9 Å². The Morgan fingerprint density at radius 3 is 2.86 bits per heavy atom. The molecule has 0 amide bonds. The van der Waals surface area contributed by atoms with Gasteiger partial charge < -0.3 is 0 Å². The van der Waals surface area contributed by atoms with Gasteiger partial charge in [-0.3, -0.25) is 4.79 Å². The second kappa shape index (κ2) is 3.63. The van der Waals surface area contributed by atoms with Gasteiger partial charge in [-0.25, -0.2) is 9.97 Å². The van der Waals surface area contributed by atoms with Gasteiger partial charge in [0.2, 0.25) is 5.28 Å². The van der Waals surface area contributed by atoms with E-state index in [4.69, 9.17) is 11.6 Å². The van der Waals surface area contributed by atoms with Crippen LogP contribution in [0.3, 0.4) is 0 Å². The van der Waals surface area contributed by atoms with Crippen molar-refractivity contribution in [2.24, 2.45) is 0 Å². The number of carbonyl (C=O) groups is 1. The number of fused-ring (bicyclic) bond motifs is 1. The van der Waals surface area contributed by atoms with Gasteiger partial charge in [-0.05, 0) is 33.6 Å². The van der Waals surface area contributed by atoms with Crippen molar-refractivity contribution in [1.82, 2.24) is 9.97 Å². The molecule has 0 saturated carbocycles. The Labute approximate surface area is 93.2 Å². The number of carbonyl (C=O) groups excluding carboxylic acids is 1. The molecule has 5 heteroatoms. The smallest absolute Gasteiger partial charge is 0.223 e. The Morgan fingerprint density at radius 2 is 2.14 bits per heavy atom. The van der Waals surface area contributed by atoms with Crippen LogP contribution >= 0.6 is 27.5 Å². The van der Waals surface area contributed by atoms with E-state index in [9.17, 15) is 4.79 Å². The second-order valence-electron chi connectivity index (χ2n) is 2.63. The first kappa shape index (κ1) is 9.55. The first-order chi connectivity index (χ1) is 6.72. The van der Waals surface area contributed by atoms with Crippen LogP contribution in [0, 0.1) is 0 Å². The van der Waals surface area contributed by atoms with Crippen molar-refractivity contribution < 1.29 is 4.79 Å². The Kier molecular flexibility index (Phi) is 2.48. The summed E-state index contributed by atoms with van der Waals surface area (Å²) in [5, 5.41) is 0.769. The lowest BCUT2D eigenvalue weighted by Gasteiger charge is -2.01. The lowest BCUT2D eigenvalue weighted by molar-refractivity contribution is 0.112. The normalized spacial score (nSPS) is 10.4. The third-order valence-corrected chi connectivity index (χ3v) is 2.60. The van der Waals surface area contributed by atoms with Crippen LogP contribution in [0.1, 0.15) is 10.5 Å². The molecular formula is C9H4BrClN2O. The van der Waals surface area contributed by atoms with Gasteiger partial charge in [-0.15, -0.1) is 0 Å². The zero-order valence-corrected chi connectivity index (χ0v) is 9.21. The fourth-order valence-corrected chi connectivity index (χ4v) is 1.83. The topological polar surface area (TPSA) is 42.9 Å². The van der Waals surface area contributed by atoms with Crippen molar-refractivity contribution in [2.45, 2.75) is 0 Å². The third kappa shape index (κ3) is 1.51. The molecular weight excluding hydrogens is 267 g/mol. The Hall–Kier alpha value is -1.00. The maximum Gasteiger partial charge on any atom is 0.223 e. The zero-order chi connectivity index (χ0) is 10.1. The highest BCUT2D eigenvalue weighted by molar-refractivity contribution is 9.10. The fourth-order valence-electron chi connectivity index (χ4n) is 1.20. The number of aromatic nitrogens is 2. The number of hydrogen-bond acceptors (Lipinski definition) is 3. The minimum Gasteiger partial charge on any atom is -0.296 e. The molecule has 14 heavy (non-hydrogen) atoms. The molecule has 0 aliphatic rings. The molecule has 1 heterocycles. The van der Waals surface area contributed by atoms with Crippen LogP contribution < -0.4 is 0 Å². The van der Waals surface area contributed by atoms with Crippen molar-refractivity contribution in [3.8, 4) is 0 Å². The average molecular weight is 272 g/mol. The number of benzene rings is 1. The van der Waals surface area contributed by atoms with Gasteiger partial charge in [0.25, 0.3) is 0 Å². The maximum absolute atomic E-state index is 10.7. The highest BCUT2D eigenvalue weighted by Gasteiger charge is 2.07. The Morgan fingerprint density at radius 1 is 1.36 bits per heavy atom. The van der Waals surface area contributed by atoms with E-state index >= 15 is 0 Å². The van der Waals surface area contributed by atoms with E-state index < -0.39 is 0 Å². The van der Waals surface area contributed by atoms with Crippen molar-refractivity contribution in [3.63, 3.8) is 0 Å². The molecule has 0 aliphatic heterocycles. The molecule has 0 aliphatic carbocycles. The van der Waals surface area contributed by atoms with E-state index in [1.54, 1.807) is 6.07 Å². The minimum absolute atomic E-state index is 0.0755. The van der Waals surface area contributed by atoms with E-state index in [1.807, 2.05) is 12.1 Å². The molecule has 0 saturated heterocycles. The van der Waals surface area contributed by atoms with Gasteiger partial charge in [0.1, 0.15) is 5.69 Å². The van der Waals surface area contributed by atoms with Gasteiger partial charge in [0.15, 0.2) is 6.29 Å². The molecule has 1 aromatic heterocycles. The number of nitrogens with zero attached hydrogens (tertiary/aromatic N) is 2. The summed E-state index contributed by atoms with van der Waals surface area (Å²) in [7, 11) is 0. The van der Waals surface area contributed by atoms with Crippen LogP contribution in [-0.4, -0.2) is 16.3 Å². The van der Waals surface area contributed by atoms with E-state index in [0.717, 1.165) is 4.47 Å². The van der Waals surface area contributed by atoms with Gasteiger partial charge in [-0.1, -0.05) is 12.1 Å².